The van der Waals surface area contributed by atoms with E-state index >= 15 is 0 Å². The Bertz CT molecular complexity index is 471. The Morgan fingerprint density at radius 2 is 2.00 bits per heavy atom. The fourth-order valence-corrected chi connectivity index (χ4v) is 1.99. The van der Waals surface area contributed by atoms with E-state index in [0.717, 1.165) is 25.0 Å². The molecule has 1 amide bonds. The molecule has 2 rings (SSSR count). The van der Waals surface area contributed by atoms with E-state index in [1.165, 1.54) is 37.1 Å². The second-order valence-electron chi connectivity index (χ2n) is 4.74. The van der Waals surface area contributed by atoms with Crippen LogP contribution in [-0.2, 0) is 4.79 Å². The molecule has 0 spiro atoms. The zero-order valence-electron chi connectivity index (χ0n) is 11.3. The minimum Gasteiger partial charge on any atom is -0.484 e. The molecule has 2 N–H and O–H groups in total. The van der Waals surface area contributed by atoms with E-state index in [2.05, 4.69) is 16.9 Å². The summed E-state index contributed by atoms with van der Waals surface area (Å²) in [5, 5.41) is 0. The number of amides is 1. The molecule has 0 fully saturated rings. The maximum absolute atomic E-state index is 12.7. The van der Waals surface area contributed by atoms with E-state index in [1.807, 2.05) is 0 Å². The van der Waals surface area contributed by atoms with Crippen LogP contribution in [0.4, 0.5) is 4.39 Å². The van der Waals surface area contributed by atoms with E-state index in [0.29, 0.717) is 5.75 Å². The van der Waals surface area contributed by atoms with Crippen LogP contribution in [0, 0.1) is 5.82 Å². The minimum atomic E-state index is -0.330. The highest BCUT2D eigenvalue weighted by molar-refractivity contribution is 5.77. The molecule has 5 heteroatoms. The fourth-order valence-electron chi connectivity index (χ4n) is 1.99. The van der Waals surface area contributed by atoms with Crippen LogP contribution in [0.25, 0.3) is 0 Å². The SMILES string of the molecule is O=C(COc1ccc(F)cc1)NNC1=CCCCCC1. The van der Waals surface area contributed by atoms with Crippen molar-refractivity contribution in [3.05, 3.63) is 41.9 Å². The first-order chi connectivity index (χ1) is 9.74. The molecule has 0 heterocycles. The average Bonchev–Trinajstić information content (AvgIpc) is 2.73. The number of nitrogens with one attached hydrogen (secondary N) is 2. The van der Waals surface area contributed by atoms with Crippen LogP contribution < -0.4 is 15.6 Å². The van der Waals surface area contributed by atoms with Crippen molar-refractivity contribution in [2.75, 3.05) is 6.61 Å². The van der Waals surface area contributed by atoms with Crippen molar-refractivity contribution in [2.45, 2.75) is 32.1 Å². The fraction of sp³-hybridized carbons (Fsp3) is 0.400. The molecule has 0 saturated carbocycles. The molecular formula is C15H19FN2O2. The molecular weight excluding hydrogens is 259 g/mol. The summed E-state index contributed by atoms with van der Waals surface area (Å²) >= 11 is 0. The van der Waals surface area contributed by atoms with Crippen LogP contribution in [0.15, 0.2) is 36.0 Å². The van der Waals surface area contributed by atoms with Crippen molar-refractivity contribution in [1.82, 2.24) is 10.9 Å². The first-order valence-corrected chi connectivity index (χ1v) is 6.86. The van der Waals surface area contributed by atoms with Gasteiger partial charge in [-0.15, -0.1) is 0 Å². The quantitative estimate of drug-likeness (QED) is 0.814. The Balaban J connectivity index is 1.70. The molecule has 0 bridgehead atoms. The molecule has 0 aliphatic heterocycles. The molecule has 1 aliphatic rings. The smallest absolute Gasteiger partial charge is 0.276 e. The van der Waals surface area contributed by atoms with Crippen molar-refractivity contribution < 1.29 is 13.9 Å². The van der Waals surface area contributed by atoms with Crippen molar-refractivity contribution in [2.24, 2.45) is 0 Å². The number of allylic oxidation sites excluding steroid dienone is 2. The first-order valence-electron chi connectivity index (χ1n) is 6.86. The molecule has 1 aromatic carbocycles. The lowest BCUT2D eigenvalue weighted by Gasteiger charge is -2.11. The van der Waals surface area contributed by atoms with Crippen molar-refractivity contribution in [1.29, 1.82) is 0 Å². The van der Waals surface area contributed by atoms with Crippen molar-refractivity contribution >= 4 is 5.91 Å². The van der Waals surface area contributed by atoms with Gasteiger partial charge in [0.05, 0.1) is 0 Å². The molecule has 108 valence electrons. The summed E-state index contributed by atoms with van der Waals surface area (Å²) < 4.78 is 17.9. The third kappa shape index (κ3) is 4.91. The number of hydrogen-bond donors (Lipinski definition) is 2. The number of halogens is 1. The van der Waals surface area contributed by atoms with Gasteiger partial charge in [0.15, 0.2) is 6.61 Å². The van der Waals surface area contributed by atoms with E-state index in [9.17, 15) is 9.18 Å². The van der Waals surface area contributed by atoms with Gasteiger partial charge >= 0.3 is 0 Å². The van der Waals surface area contributed by atoms with Crippen LogP contribution in [0.2, 0.25) is 0 Å². The molecule has 20 heavy (non-hydrogen) atoms. The van der Waals surface area contributed by atoms with E-state index in [4.69, 9.17) is 4.74 Å². The van der Waals surface area contributed by atoms with Crippen LogP contribution >= 0.6 is 0 Å². The lowest BCUT2D eigenvalue weighted by atomic mass is 10.2. The van der Waals surface area contributed by atoms with Gasteiger partial charge in [0.1, 0.15) is 11.6 Å². The summed E-state index contributed by atoms with van der Waals surface area (Å²) in [4.78, 5) is 11.6. The van der Waals surface area contributed by atoms with Crippen LogP contribution in [0.5, 0.6) is 5.75 Å². The number of carbonyl (C=O) groups is 1. The topological polar surface area (TPSA) is 50.4 Å². The first kappa shape index (κ1) is 14.4. The van der Waals surface area contributed by atoms with Gasteiger partial charge in [-0.3, -0.25) is 10.2 Å². The number of benzene rings is 1. The van der Waals surface area contributed by atoms with Crippen LogP contribution in [0.3, 0.4) is 0 Å². The maximum Gasteiger partial charge on any atom is 0.276 e. The average molecular weight is 278 g/mol. The highest BCUT2D eigenvalue weighted by Crippen LogP contribution is 2.14. The van der Waals surface area contributed by atoms with Crippen LogP contribution in [-0.4, -0.2) is 12.5 Å². The normalized spacial score (nSPS) is 14.9. The highest BCUT2D eigenvalue weighted by atomic mass is 19.1. The maximum atomic E-state index is 12.7. The van der Waals surface area contributed by atoms with Gasteiger partial charge in [0.25, 0.3) is 5.91 Å². The number of hydrazine groups is 1. The van der Waals surface area contributed by atoms with E-state index < -0.39 is 0 Å². The molecule has 0 atom stereocenters. The zero-order valence-corrected chi connectivity index (χ0v) is 11.3. The second-order valence-corrected chi connectivity index (χ2v) is 4.74. The molecule has 0 saturated heterocycles. The Morgan fingerprint density at radius 1 is 1.20 bits per heavy atom. The number of carbonyl (C=O) groups excluding carboxylic acids is 1. The predicted octanol–water partition coefficient (Wildman–Crippen LogP) is 2.67. The van der Waals surface area contributed by atoms with Gasteiger partial charge in [-0.2, -0.15) is 0 Å². The molecule has 0 radical (unpaired) electrons. The summed E-state index contributed by atoms with van der Waals surface area (Å²) in [7, 11) is 0. The summed E-state index contributed by atoms with van der Waals surface area (Å²) in [6, 6.07) is 5.57. The number of ether oxygens (including phenoxy) is 1. The molecule has 0 unspecified atom stereocenters. The van der Waals surface area contributed by atoms with Gasteiger partial charge in [0, 0.05) is 5.70 Å². The number of hydrogen-bond acceptors (Lipinski definition) is 3. The largest absolute Gasteiger partial charge is 0.484 e. The molecule has 1 aromatic rings. The van der Waals surface area contributed by atoms with Crippen molar-refractivity contribution in [3.63, 3.8) is 0 Å². The molecule has 4 nitrogen and oxygen atoms in total. The third-order valence-electron chi connectivity index (χ3n) is 3.09. The minimum absolute atomic E-state index is 0.105. The zero-order chi connectivity index (χ0) is 14.2. The molecule has 1 aliphatic carbocycles. The summed E-state index contributed by atoms with van der Waals surface area (Å²) in [5.41, 5.74) is 6.59. The Labute approximate surface area is 118 Å². The summed E-state index contributed by atoms with van der Waals surface area (Å²) in [6.07, 6.45) is 7.69. The van der Waals surface area contributed by atoms with Gasteiger partial charge in [0.2, 0.25) is 0 Å². The Morgan fingerprint density at radius 3 is 2.80 bits per heavy atom. The lowest BCUT2D eigenvalue weighted by molar-refractivity contribution is -0.123. The molecule has 0 aromatic heterocycles. The lowest BCUT2D eigenvalue weighted by Crippen LogP contribution is -2.39. The summed E-state index contributed by atoms with van der Waals surface area (Å²) in [5.74, 6) is -0.126. The Hall–Kier alpha value is -2.04. The second kappa shape index (κ2) is 7.53. The van der Waals surface area contributed by atoms with Gasteiger partial charge in [-0.1, -0.05) is 12.5 Å². The van der Waals surface area contributed by atoms with E-state index in [-0.39, 0.29) is 18.3 Å². The van der Waals surface area contributed by atoms with Crippen LogP contribution in [0.1, 0.15) is 32.1 Å². The highest BCUT2D eigenvalue weighted by Gasteiger charge is 2.05. The third-order valence-corrected chi connectivity index (χ3v) is 3.09. The Kier molecular flexibility index (Phi) is 5.41. The van der Waals surface area contributed by atoms with Gasteiger partial charge in [-0.05, 0) is 49.9 Å². The van der Waals surface area contributed by atoms with Gasteiger partial charge in [-0.25, -0.2) is 4.39 Å². The van der Waals surface area contributed by atoms with Crippen molar-refractivity contribution in [3.8, 4) is 5.75 Å². The summed E-state index contributed by atoms with van der Waals surface area (Å²) in [6.45, 7) is -0.105. The van der Waals surface area contributed by atoms with Gasteiger partial charge < -0.3 is 10.2 Å². The standard InChI is InChI=1S/C15H19FN2O2/c16-12-7-9-14(10-8-12)20-11-15(19)18-17-13-5-3-1-2-4-6-13/h5,7-10,17H,1-4,6,11H2,(H,18,19). The predicted molar refractivity (Wildman–Crippen MR) is 74.3 cm³/mol. The monoisotopic (exact) mass is 278 g/mol. The number of rotatable bonds is 5. The van der Waals surface area contributed by atoms with E-state index in [1.54, 1.807) is 0 Å².